The third kappa shape index (κ3) is 4.17. The van der Waals surface area contributed by atoms with E-state index in [0.29, 0.717) is 11.3 Å². The van der Waals surface area contributed by atoms with Crippen molar-refractivity contribution >= 4 is 23.4 Å². The van der Waals surface area contributed by atoms with Gasteiger partial charge in [-0.05, 0) is 43.3 Å². The molecule has 0 unspecified atom stereocenters. The fourth-order valence-electron chi connectivity index (χ4n) is 1.94. The van der Waals surface area contributed by atoms with E-state index >= 15 is 0 Å². The number of aromatic nitrogens is 2. The highest BCUT2D eigenvalue weighted by Crippen LogP contribution is 2.26. The molecule has 0 radical (unpaired) electrons. The van der Waals surface area contributed by atoms with Crippen molar-refractivity contribution in [1.82, 2.24) is 9.97 Å². The smallest absolute Gasteiger partial charge is 0.257 e. The van der Waals surface area contributed by atoms with Crippen molar-refractivity contribution in [2.75, 3.05) is 5.32 Å². The number of anilines is 1. The van der Waals surface area contributed by atoms with E-state index in [0.717, 1.165) is 9.92 Å². The average Bonchev–Trinajstić information content (AvgIpc) is 2.58. The lowest BCUT2D eigenvalue weighted by Crippen LogP contribution is -2.12. The number of hydrogen-bond acceptors (Lipinski definition) is 4. The summed E-state index contributed by atoms with van der Waals surface area (Å²) in [6, 6.07) is 15.4. The first kappa shape index (κ1) is 15.2. The van der Waals surface area contributed by atoms with E-state index in [1.807, 2.05) is 6.07 Å². The largest absolute Gasteiger partial charge is 0.321 e. The molecule has 114 valence electrons. The summed E-state index contributed by atoms with van der Waals surface area (Å²) >= 11 is 1.57. The van der Waals surface area contributed by atoms with Gasteiger partial charge in [0.2, 0.25) is 0 Å². The maximum atomic E-state index is 12.1. The first-order valence-electron chi connectivity index (χ1n) is 7.13. The quantitative estimate of drug-likeness (QED) is 0.783. The molecule has 4 nitrogen and oxygen atoms in total. The molecule has 0 bridgehead atoms. The Hall–Kier alpha value is -2.66. The van der Waals surface area contributed by atoms with E-state index < -0.39 is 0 Å². The second-order valence-electron chi connectivity index (χ2n) is 5.00. The molecule has 2 heterocycles. The van der Waals surface area contributed by atoms with Crippen molar-refractivity contribution in [2.45, 2.75) is 16.8 Å². The zero-order chi connectivity index (χ0) is 16.1. The molecule has 1 aromatic carbocycles. The maximum Gasteiger partial charge on any atom is 0.257 e. The Morgan fingerprint density at radius 3 is 2.52 bits per heavy atom. The molecule has 5 heteroatoms. The summed E-state index contributed by atoms with van der Waals surface area (Å²) in [4.78, 5) is 21.6. The number of nitrogens with zero attached hydrogens (tertiary/aromatic N) is 2. The van der Waals surface area contributed by atoms with Gasteiger partial charge in [0.15, 0.2) is 0 Å². The second kappa shape index (κ2) is 7.07. The Morgan fingerprint density at radius 2 is 1.87 bits per heavy atom. The van der Waals surface area contributed by atoms with Gasteiger partial charge in [0.05, 0.1) is 17.4 Å². The Kier molecular flexibility index (Phi) is 4.68. The Morgan fingerprint density at radius 1 is 1.04 bits per heavy atom. The normalized spacial score (nSPS) is 10.3. The number of benzene rings is 1. The minimum absolute atomic E-state index is 0.197. The van der Waals surface area contributed by atoms with Crippen LogP contribution in [0.2, 0.25) is 0 Å². The number of hydrogen-bond donors (Lipinski definition) is 1. The number of carbonyl (C=O) groups excluding carboxylic acids is 1. The van der Waals surface area contributed by atoms with Crippen LogP contribution in [-0.2, 0) is 0 Å². The Balaban J connectivity index is 1.66. The highest BCUT2D eigenvalue weighted by molar-refractivity contribution is 7.99. The van der Waals surface area contributed by atoms with E-state index in [1.165, 1.54) is 5.56 Å². The first-order valence-corrected chi connectivity index (χ1v) is 7.94. The molecule has 0 aliphatic rings. The van der Waals surface area contributed by atoms with Crippen molar-refractivity contribution in [1.29, 1.82) is 0 Å². The fraction of sp³-hybridized carbons (Fsp3) is 0.0556. The summed E-state index contributed by atoms with van der Waals surface area (Å²) in [7, 11) is 0. The van der Waals surface area contributed by atoms with Crippen LogP contribution < -0.4 is 5.32 Å². The summed E-state index contributed by atoms with van der Waals surface area (Å²) in [5, 5.41) is 3.64. The molecule has 0 aliphatic carbocycles. The van der Waals surface area contributed by atoms with Gasteiger partial charge >= 0.3 is 0 Å². The van der Waals surface area contributed by atoms with Gasteiger partial charge in [-0.3, -0.25) is 9.78 Å². The maximum absolute atomic E-state index is 12.1. The van der Waals surface area contributed by atoms with Gasteiger partial charge in [-0.15, -0.1) is 0 Å². The van der Waals surface area contributed by atoms with Gasteiger partial charge in [0.25, 0.3) is 5.91 Å². The van der Waals surface area contributed by atoms with Crippen molar-refractivity contribution in [3.8, 4) is 0 Å². The third-order valence-electron chi connectivity index (χ3n) is 3.16. The lowest BCUT2D eigenvalue weighted by molar-refractivity contribution is 0.102. The number of aryl methyl sites for hydroxylation is 1. The van der Waals surface area contributed by atoms with Gasteiger partial charge in [-0.2, -0.15) is 0 Å². The number of amides is 1. The Bertz CT molecular complexity index is 787. The van der Waals surface area contributed by atoms with Gasteiger partial charge < -0.3 is 5.32 Å². The van der Waals surface area contributed by atoms with Crippen molar-refractivity contribution in [3.05, 3.63) is 78.2 Å². The molecule has 0 fully saturated rings. The van der Waals surface area contributed by atoms with E-state index in [9.17, 15) is 4.79 Å². The summed E-state index contributed by atoms with van der Waals surface area (Å²) in [6.45, 7) is 2.06. The van der Waals surface area contributed by atoms with Crippen LogP contribution in [0, 0.1) is 6.92 Å². The number of rotatable bonds is 4. The van der Waals surface area contributed by atoms with Gasteiger partial charge in [-0.25, -0.2) is 4.98 Å². The topological polar surface area (TPSA) is 54.9 Å². The molecule has 0 saturated heterocycles. The summed E-state index contributed by atoms with van der Waals surface area (Å²) in [6.07, 6.45) is 4.85. The van der Waals surface area contributed by atoms with Crippen LogP contribution in [0.4, 0.5) is 5.69 Å². The van der Waals surface area contributed by atoms with Crippen LogP contribution in [-0.4, -0.2) is 15.9 Å². The molecule has 0 spiro atoms. The van der Waals surface area contributed by atoms with Crippen molar-refractivity contribution < 1.29 is 4.79 Å². The van der Waals surface area contributed by atoms with Crippen LogP contribution in [0.5, 0.6) is 0 Å². The standard InChI is InChI=1S/C18H15N3OS/c1-13-4-7-16(8-5-13)23-17-9-6-14(11-20-17)18(22)21-15-3-2-10-19-12-15/h2-12H,1H3,(H,21,22). The number of nitrogens with one attached hydrogen (secondary N) is 1. The molecule has 1 N–H and O–H groups in total. The zero-order valence-electron chi connectivity index (χ0n) is 12.6. The lowest BCUT2D eigenvalue weighted by atomic mass is 10.2. The van der Waals surface area contributed by atoms with Gasteiger partial charge in [0, 0.05) is 17.3 Å². The van der Waals surface area contributed by atoms with Crippen molar-refractivity contribution in [2.24, 2.45) is 0 Å². The van der Waals surface area contributed by atoms with Crippen molar-refractivity contribution in [3.63, 3.8) is 0 Å². The van der Waals surface area contributed by atoms with E-state index in [4.69, 9.17) is 0 Å². The average molecular weight is 321 g/mol. The molecular formula is C18H15N3OS. The molecule has 2 aromatic heterocycles. The molecular weight excluding hydrogens is 306 g/mol. The third-order valence-corrected chi connectivity index (χ3v) is 4.12. The van der Waals surface area contributed by atoms with E-state index in [-0.39, 0.29) is 5.91 Å². The van der Waals surface area contributed by atoms with Crippen LogP contribution in [0.1, 0.15) is 15.9 Å². The molecule has 23 heavy (non-hydrogen) atoms. The predicted molar refractivity (Wildman–Crippen MR) is 91.7 cm³/mol. The van der Waals surface area contributed by atoms with Gasteiger partial charge in [0.1, 0.15) is 5.03 Å². The minimum Gasteiger partial charge on any atom is -0.321 e. The highest BCUT2D eigenvalue weighted by atomic mass is 32.2. The summed E-state index contributed by atoms with van der Waals surface area (Å²) < 4.78 is 0. The highest BCUT2D eigenvalue weighted by Gasteiger charge is 2.07. The minimum atomic E-state index is -0.197. The van der Waals surface area contributed by atoms with Crippen LogP contribution >= 0.6 is 11.8 Å². The number of carbonyl (C=O) groups is 1. The molecule has 0 aliphatic heterocycles. The summed E-state index contributed by atoms with van der Waals surface area (Å²) in [5.74, 6) is -0.197. The summed E-state index contributed by atoms with van der Waals surface area (Å²) in [5.41, 5.74) is 2.41. The second-order valence-corrected chi connectivity index (χ2v) is 6.09. The Labute approximate surface area is 139 Å². The SMILES string of the molecule is Cc1ccc(Sc2ccc(C(=O)Nc3cccnc3)cn2)cc1. The fourth-order valence-corrected chi connectivity index (χ4v) is 2.70. The lowest BCUT2D eigenvalue weighted by Gasteiger charge is -2.05. The van der Waals surface area contributed by atoms with Crippen LogP contribution in [0.15, 0.2) is 77.0 Å². The number of pyridine rings is 2. The van der Waals surface area contributed by atoms with Crippen LogP contribution in [0.25, 0.3) is 0 Å². The predicted octanol–water partition coefficient (Wildman–Crippen LogP) is 4.19. The molecule has 3 aromatic rings. The first-order chi connectivity index (χ1) is 11.2. The van der Waals surface area contributed by atoms with E-state index in [1.54, 1.807) is 48.6 Å². The monoisotopic (exact) mass is 321 g/mol. The zero-order valence-corrected chi connectivity index (χ0v) is 13.4. The van der Waals surface area contributed by atoms with E-state index in [2.05, 4.69) is 46.5 Å². The molecule has 1 amide bonds. The molecule has 0 atom stereocenters. The molecule has 3 rings (SSSR count). The van der Waals surface area contributed by atoms with Gasteiger partial charge in [-0.1, -0.05) is 29.5 Å². The molecule has 0 saturated carbocycles. The van der Waals surface area contributed by atoms with Crippen LogP contribution in [0.3, 0.4) is 0 Å².